The highest BCUT2D eigenvalue weighted by Gasteiger charge is 2.39. The Morgan fingerprint density at radius 1 is 1.33 bits per heavy atom. The molecule has 1 heterocycles. The van der Waals surface area contributed by atoms with Gasteiger partial charge in [-0.3, -0.25) is 4.98 Å². The van der Waals surface area contributed by atoms with Crippen LogP contribution in [-0.2, 0) is 6.42 Å². The zero-order valence-electron chi connectivity index (χ0n) is 11.7. The van der Waals surface area contributed by atoms with E-state index in [-0.39, 0.29) is 6.04 Å². The zero-order valence-corrected chi connectivity index (χ0v) is 11.7. The first-order valence-corrected chi connectivity index (χ1v) is 7.27. The van der Waals surface area contributed by atoms with E-state index in [1.807, 2.05) is 18.5 Å². The summed E-state index contributed by atoms with van der Waals surface area (Å²) in [5.74, 6) is 0.739. The van der Waals surface area contributed by atoms with Gasteiger partial charge in [-0.2, -0.15) is 0 Å². The lowest BCUT2D eigenvalue weighted by atomic mass is 9.71. The average molecular weight is 246 g/mol. The molecule has 1 unspecified atom stereocenters. The molecule has 0 amide bonds. The van der Waals surface area contributed by atoms with Crippen LogP contribution < -0.4 is 5.73 Å². The number of pyridine rings is 1. The summed E-state index contributed by atoms with van der Waals surface area (Å²) in [6.07, 6.45) is 11.4. The Morgan fingerprint density at radius 3 is 2.61 bits per heavy atom. The van der Waals surface area contributed by atoms with Gasteiger partial charge < -0.3 is 5.73 Å². The molecule has 1 aromatic rings. The predicted molar refractivity (Wildman–Crippen MR) is 76.3 cm³/mol. The quantitative estimate of drug-likeness (QED) is 0.862. The number of hydrogen-bond acceptors (Lipinski definition) is 2. The third kappa shape index (κ3) is 3.11. The molecule has 2 heteroatoms. The Bertz CT molecular complexity index is 353. The van der Waals surface area contributed by atoms with Crippen LogP contribution in [0, 0.1) is 11.3 Å². The molecule has 2 rings (SSSR count). The summed E-state index contributed by atoms with van der Waals surface area (Å²) in [6, 6.07) is 4.43. The summed E-state index contributed by atoms with van der Waals surface area (Å²) >= 11 is 0. The van der Waals surface area contributed by atoms with E-state index < -0.39 is 0 Å². The fourth-order valence-corrected chi connectivity index (χ4v) is 3.61. The normalized spacial score (nSPS) is 20.2. The minimum atomic E-state index is 0.284. The van der Waals surface area contributed by atoms with Gasteiger partial charge in [0, 0.05) is 18.4 Å². The number of nitrogens with zero attached hydrogens (tertiary/aromatic N) is 1. The topological polar surface area (TPSA) is 38.9 Å². The maximum atomic E-state index is 6.57. The van der Waals surface area contributed by atoms with Crippen LogP contribution in [0.1, 0.15) is 51.5 Å². The first-order chi connectivity index (χ1) is 8.62. The van der Waals surface area contributed by atoms with Gasteiger partial charge in [0.1, 0.15) is 0 Å². The maximum absolute atomic E-state index is 6.57. The highest BCUT2D eigenvalue weighted by molar-refractivity contribution is 5.12. The van der Waals surface area contributed by atoms with E-state index in [0.29, 0.717) is 5.41 Å². The van der Waals surface area contributed by atoms with Gasteiger partial charge in [0.15, 0.2) is 0 Å². The van der Waals surface area contributed by atoms with E-state index in [1.165, 1.54) is 37.7 Å². The molecule has 1 aliphatic rings. The molecule has 0 saturated heterocycles. The predicted octanol–water partition coefficient (Wildman–Crippen LogP) is 3.56. The summed E-state index contributed by atoms with van der Waals surface area (Å²) in [6.45, 7) is 4.63. The Kier molecular flexibility index (Phi) is 4.39. The minimum Gasteiger partial charge on any atom is -0.327 e. The van der Waals surface area contributed by atoms with Crippen LogP contribution in [-0.4, -0.2) is 11.0 Å². The van der Waals surface area contributed by atoms with Crippen LogP contribution in [0.5, 0.6) is 0 Å². The fraction of sp³-hybridized carbons (Fsp3) is 0.688. The second-order valence-electron chi connectivity index (χ2n) is 6.34. The second-order valence-corrected chi connectivity index (χ2v) is 6.34. The van der Waals surface area contributed by atoms with E-state index >= 15 is 0 Å². The van der Waals surface area contributed by atoms with Crippen molar-refractivity contribution in [3.05, 3.63) is 30.1 Å². The Morgan fingerprint density at radius 2 is 2.06 bits per heavy atom. The standard InChI is InChI=1S/C16H26N2/c1-13(2)11-16(7-3-4-8-16)15(17)10-14-6-5-9-18-12-14/h5-6,9,12-13,15H,3-4,7-8,10-11,17H2,1-2H3. The van der Waals surface area contributed by atoms with Crippen molar-refractivity contribution in [1.29, 1.82) is 0 Å². The molecular formula is C16H26N2. The zero-order chi connectivity index (χ0) is 13.0. The molecule has 1 atom stereocenters. The molecule has 1 saturated carbocycles. The number of aromatic nitrogens is 1. The number of rotatable bonds is 5. The Labute approximate surface area is 111 Å². The molecule has 2 N–H and O–H groups in total. The molecular weight excluding hydrogens is 220 g/mol. The summed E-state index contributed by atoms with van der Waals surface area (Å²) in [7, 11) is 0. The second kappa shape index (κ2) is 5.83. The molecule has 1 fully saturated rings. The molecule has 1 aliphatic carbocycles. The Hall–Kier alpha value is -0.890. The third-order valence-electron chi connectivity index (χ3n) is 4.38. The number of nitrogens with two attached hydrogens (primary N) is 1. The molecule has 100 valence electrons. The van der Waals surface area contributed by atoms with E-state index in [2.05, 4.69) is 24.9 Å². The highest BCUT2D eigenvalue weighted by atomic mass is 14.7. The summed E-state index contributed by atoms with van der Waals surface area (Å²) < 4.78 is 0. The van der Waals surface area contributed by atoms with Gasteiger partial charge in [-0.05, 0) is 48.6 Å². The molecule has 18 heavy (non-hydrogen) atoms. The number of hydrogen-bond donors (Lipinski definition) is 1. The van der Waals surface area contributed by atoms with Gasteiger partial charge in [-0.1, -0.05) is 32.8 Å². The van der Waals surface area contributed by atoms with Gasteiger partial charge in [0.05, 0.1) is 0 Å². The minimum absolute atomic E-state index is 0.284. The van der Waals surface area contributed by atoms with Gasteiger partial charge in [-0.15, -0.1) is 0 Å². The van der Waals surface area contributed by atoms with Crippen LogP contribution in [0.4, 0.5) is 0 Å². The lowest BCUT2D eigenvalue weighted by Crippen LogP contribution is -2.42. The van der Waals surface area contributed by atoms with E-state index in [4.69, 9.17) is 5.73 Å². The molecule has 0 radical (unpaired) electrons. The molecule has 1 aromatic heterocycles. The SMILES string of the molecule is CC(C)CC1(C(N)Cc2cccnc2)CCCC1. The van der Waals surface area contributed by atoms with Crippen molar-refractivity contribution in [3.63, 3.8) is 0 Å². The Balaban J connectivity index is 2.06. The van der Waals surface area contributed by atoms with Crippen molar-refractivity contribution in [1.82, 2.24) is 4.98 Å². The van der Waals surface area contributed by atoms with Crippen molar-refractivity contribution in [3.8, 4) is 0 Å². The van der Waals surface area contributed by atoms with Gasteiger partial charge in [0.2, 0.25) is 0 Å². The summed E-state index contributed by atoms with van der Waals surface area (Å²) in [5, 5.41) is 0. The van der Waals surface area contributed by atoms with E-state index in [1.54, 1.807) is 0 Å². The van der Waals surface area contributed by atoms with Crippen LogP contribution in [0.3, 0.4) is 0 Å². The first-order valence-electron chi connectivity index (χ1n) is 7.27. The summed E-state index contributed by atoms with van der Waals surface area (Å²) in [5.41, 5.74) is 8.22. The van der Waals surface area contributed by atoms with E-state index in [9.17, 15) is 0 Å². The fourth-order valence-electron chi connectivity index (χ4n) is 3.61. The van der Waals surface area contributed by atoms with Crippen LogP contribution in [0.25, 0.3) is 0 Å². The third-order valence-corrected chi connectivity index (χ3v) is 4.38. The smallest absolute Gasteiger partial charge is 0.0300 e. The highest BCUT2D eigenvalue weighted by Crippen LogP contribution is 2.45. The maximum Gasteiger partial charge on any atom is 0.0300 e. The van der Waals surface area contributed by atoms with Gasteiger partial charge in [-0.25, -0.2) is 0 Å². The van der Waals surface area contributed by atoms with Gasteiger partial charge in [0.25, 0.3) is 0 Å². The van der Waals surface area contributed by atoms with Crippen LogP contribution >= 0.6 is 0 Å². The molecule has 0 aliphatic heterocycles. The van der Waals surface area contributed by atoms with Crippen molar-refractivity contribution >= 4 is 0 Å². The van der Waals surface area contributed by atoms with Crippen molar-refractivity contribution < 1.29 is 0 Å². The van der Waals surface area contributed by atoms with Crippen molar-refractivity contribution in [2.24, 2.45) is 17.1 Å². The largest absolute Gasteiger partial charge is 0.327 e. The van der Waals surface area contributed by atoms with Crippen LogP contribution in [0.2, 0.25) is 0 Å². The van der Waals surface area contributed by atoms with Crippen molar-refractivity contribution in [2.45, 2.75) is 58.4 Å². The van der Waals surface area contributed by atoms with Crippen LogP contribution in [0.15, 0.2) is 24.5 Å². The van der Waals surface area contributed by atoms with Gasteiger partial charge >= 0.3 is 0 Å². The molecule has 0 spiro atoms. The summed E-state index contributed by atoms with van der Waals surface area (Å²) in [4.78, 5) is 4.19. The lowest BCUT2D eigenvalue weighted by molar-refractivity contribution is 0.181. The molecule has 0 bridgehead atoms. The monoisotopic (exact) mass is 246 g/mol. The molecule has 0 aromatic carbocycles. The van der Waals surface area contributed by atoms with Crippen molar-refractivity contribution in [2.75, 3.05) is 0 Å². The average Bonchev–Trinajstić information content (AvgIpc) is 2.79. The molecule has 2 nitrogen and oxygen atoms in total. The van der Waals surface area contributed by atoms with E-state index in [0.717, 1.165) is 12.3 Å². The lowest BCUT2D eigenvalue weighted by Gasteiger charge is -2.37. The first kappa shape index (κ1) is 13.5.